The van der Waals surface area contributed by atoms with Gasteiger partial charge in [-0.2, -0.15) is 24.5 Å². The molecule has 0 saturated carbocycles. The van der Waals surface area contributed by atoms with Gasteiger partial charge in [-0.05, 0) is 59.5 Å². The Kier molecular flexibility index (Phi) is 6.88. The molecule has 37 heavy (non-hydrogen) atoms. The summed E-state index contributed by atoms with van der Waals surface area (Å²) < 4.78 is 45.5. The number of para-hydroxylation sites is 2. The van der Waals surface area contributed by atoms with Crippen LogP contribution in [0.15, 0.2) is 59.4 Å². The number of pyridine rings is 2. The highest BCUT2D eigenvalue weighted by Crippen LogP contribution is 2.36. The number of halogens is 3. The van der Waals surface area contributed by atoms with Gasteiger partial charge in [0.15, 0.2) is 0 Å². The minimum absolute atomic E-state index is 0.000279. The lowest BCUT2D eigenvalue weighted by Crippen LogP contribution is -2.44. The van der Waals surface area contributed by atoms with Crippen LogP contribution in [-0.4, -0.2) is 47.1 Å². The van der Waals surface area contributed by atoms with Crippen molar-refractivity contribution >= 4 is 39.8 Å². The number of aromatic nitrogens is 2. The first-order valence-corrected chi connectivity index (χ1v) is 12.6. The molecule has 1 aliphatic rings. The van der Waals surface area contributed by atoms with Crippen molar-refractivity contribution in [2.75, 3.05) is 30.8 Å². The van der Waals surface area contributed by atoms with Gasteiger partial charge in [0, 0.05) is 36.3 Å². The van der Waals surface area contributed by atoms with E-state index in [1.807, 2.05) is 29.0 Å². The number of urea groups is 1. The number of alkyl halides is 3. The van der Waals surface area contributed by atoms with Gasteiger partial charge in [0.25, 0.3) is 0 Å². The SMILES string of the molecule is COc1ccccc1NC(=O)N1CCC(Nc2ncc(-c3ccsc3)c3nc(C(F)(F)F)ccc23)CC1. The summed E-state index contributed by atoms with van der Waals surface area (Å²) in [6, 6.07) is 11.2. The zero-order valence-corrected chi connectivity index (χ0v) is 20.7. The number of likely N-dealkylation sites (tertiary alicyclic amines) is 1. The van der Waals surface area contributed by atoms with E-state index in [4.69, 9.17) is 4.74 Å². The van der Waals surface area contributed by atoms with Crippen molar-refractivity contribution in [1.82, 2.24) is 14.9 Å². The number of rotatable bonds is 5. The Morgan fingerprint density at radius 3 is 2.62 bits per heavy atom. The first-order chi connectivity index (χ1) is 17.8. The van der Waals surface area contributed by atoms with E-state index in [-0.39, 0.29) is 17.6 Å². The largest absolute Gasteiger partial charge is 0.495 e. The number of methoxy groups -OCH3 is 1. The van der Waals surface area contributed by atoms with Gasteiger partial charge >= 0.3 is 12.2 Å². The number of amides is 2. The van der Waals surface area contributed by atoms with E-state index in [0.717, 1.165) is 11.6 Å². The van der Waals surface area contributed by atoms with Crippen LogP contribution in [0.3, 0.4) is 0 Å². The predicted octanol–water partition coefficient (Wildman–Crippen LogP) is 6.49. The van der Waals surface area contributed by atoms with Gasteiger partial charge in [-0.25, -0.2) is 14.8 Å². The number of nitrogens with zero attached hydrogens (tertiary/aromatic N) is 3. The van der Waals surface area contributed by atoms with Crippen LogP contribution in [0.25, 0.3) is 22.0 Å². The summed E-state index contributed by atoms with van der Waals surface area (Å²) in [5, 5.41) is 10.5. The molecule has 4 aromatic rings. The molecule has 0 aliphatic carbocycles. The second-order valence-electron chi connectivity index (χ2n) is 8.66. The lowest BCUT2D eigenvalue weighted by molar-refractivity contribution is -0.140. The summed E-state index contributed by atoms with van der Waals surface area (Å²) in [6.45, 7) is 1.03. The third-order valence-electron chi connectivity index (χ3n) is 6.32. The van der Waals surface area contributed by atoms with Gasteiger partial charge in [0.2, 0.25) is 0 Å². The summed E-state index contributed by atoms with van der Waals surface area (Å²) in [6.07, 6.45) is -1.67. The molecule has 0 bridgehead atoms. The van der Waals surface area contributed by atoms with E-state index >= 15 is 0 Å². The van der Waals surface area contributed by atoms with Gasteiger partial charge < -0.3 is 20.3 Å². The number of anilines is 2. The van der Waals surface area contributed by atoms with E-state index < -0.39 is 11.9 Å². The summed E-state index contributed by atoms with van der Waals surface area (Å²) >= 11 is 1.45. The zero-order valence-electron chi connectivity index (χ0n) is 19.9. The molecule has 0 spiro atoms. The van der Waals surface area contributed by atoms with Crippen LogP contribution in [0.2, 0.25) is 0 Å². The van der Waals surface area contributed by atoms with E-state index in [1.165, 1.54) is 17.4 Å². The maximum atomic E-state index is 13.4. The van der Waals surface area contributed by atoms with Gasteiger partial charge in [-0.3, -0.25) is 0 Å². The van der Waals surface area contributed by atoms with Crippen LogP contribution in [0, 0.1) is 0 Å². The molecule has 0 atom stereocenters. The number of ether oxygens (including phenoxy) is 1. The monoisotopic (exact) mass is 527 g/mol. The molecule has 1 aromatic carbocycles. The van der Waals surface area contributed by atoms with Gasteiger partial charge in [-0.15, -0.1) is 0 Å². The first kappa shape index (κ1) is 24.8. The van der Waals surface area contributed by atoms with Crippen LogP contribution in [-0.2, 0) is 6.18 Å². The molecule has 192 valence electrons. The Morgan fingerprint density at radius 1 is 1.14 bits per heavy atom. The number of hydrogen-bond acceptors (Lipinski definition) is 6. The molecule has 2 N–H and O–H groups in total. The molecule has 11 heteroatoms. The van der Waals surface area contributed by atoms with E-state index in [2.05, 4.69) is 20.6 Å². The number of benzene rings is 1. The number of nitrogens with one attached hydrogen (secondary N) is 2. The minimum atomic E-state index is -4.55. The lowest BCUT2D eigenvalue weighted by Gasteiger charge is -2.33. The summed E-state index contributed by atoms with van der Waals surface area (Å²) in [5.74, 6) is 1.06. The molecular weight excluding hydrogens is 503 g/mol. The van der Waals surface area contributed by atoms with Crippen molar-refractivity contribution in [3.05, 3.63) is 65.1 Å². The highest BCUT2D eigenvalue weighted by molar-refractivity contribution is 7.08. The maximum absolute atomic E-state index is 13.4. The standard InChI is InChI=1S/C26H24F3N5O2S/c1-36-21-5-3-2-4-20(21)32-25(35)34-11-8-17(9-12-34)31-24-18-6-7-22(26(27,28)29)33-23(18)19(14-30-24)16-10-13-37-15-16/h2-7,10,13-15,17H,8-9,11-12H2,1H3,(H,30,31)(H,32,35). The fraction of sp³-hybridized carbons (Fsp3) is 0.269. The third-order valence-corrected chi connectivity index (χ3v) is 7.01. The molecule has 3 aromatic heterocycles. The van der Waals surface area contributed by atoms with Crippen LogP contribution in [0.4, 0.5) is 29.5 Å². The van der Waals surface area contributed by atoms with Crippen molar-refractivity contribution in [1.29, 1.82) is 0 Å². The Hall–Kier alpha value is -3.86. The highest BCUT2D eigenvalue weighted by atomic mass is 32.1. The van der Waals surface area contributed by atoms with Crippen molar-refractivity contribution in [3.8, 4) is 16.9 Å². The smallest absolute Gasteiger partial charge is 0.433 e. The number of thiophene rings is 1. The van der Waals surface area contributed by atoms with Crippen molar-refractivity contribution in [2.45, 2.75) is 25.1 Å². The second-order valence-corrected chi connectivity index (χ2v) is 9.44. The molecule has 1 aliphatic heterocycles. The summed E-state index contributed by atoms with van der Waals surface area (Å²) in [4.78, 5) is 23.0. The molecular formula is C26H24F3N5O2S. The highest BCUT2D eigenvalue weighted by Gasteiger charge is 2.33. The average molecular weight is 528 g/mol. The Labute approximate surface area is 215 Å². The van der Waals surface area contributed by atoms with Crippen LogP contribution in [0.5, 0.6) is 5.75 Å². The van der Waals surface area contributed by atoms with Gasteiger partial charge in [0.05, 0.1) is 18.3 Å². The first-order valence-electron chi connectivity index (χ1n) is 11.7. The quantitative estimate of drug-likeness (QED) is 0.310. The number of carbonyl (C=O) groups is 1. The molecule has 1 fully saturated rings. The predicted molar refractivity (Wildman–Crippen MR) is 138 cm³/mol. The molecule has 0 radical (unpaired) electrons. The molecule has 5 rings (SSSR count). The van der Waals surface area contributed by atoms with Crippen LogP contribution in [0.1, 0.15) is 18.5 Å². The molecule has 0 unspecified atom stereocenters. The van der Waals surface area contributed by atoms with Gasteiger partial charge in [-0.1, -0.05) is 12.1 Å². The molecule has 1 saturated heterocycles. The fourth-order valence-corrected chi connectivity index (χ4v) is 5.04. The minimum Gasteiger partial charge on any atom is -0.495 e. The Bertz CT molecular complexity index is 1400. The number of fused-ring (bicyclic) bond motifs is 1. The van der Waals surface area contributed by atoms with Crippen LogP contribution < -0.4 is 15.4 Å². The van der Waals surface area contributed by atoms with Gasteiger partial charge in [0.1, 0.15) is 17.3 Å². The Balaban J connectivity index is 1.32. The second kappa shape index (κ2) is 10.3. The number of carbonyl (C=O) groups excluding carboxylic acids is 1. The summed E-state index contributed by atoms with van der Waals surface area (Å²) in [7, 11) is 1.55. The number of piperidine rings is 1. The van der Waals surface area contributed by atoms with Crippen molar-refractivity contribution < 1.29 is 22.7 Å². The Morgan fingerprint density at radius 2 is 1.92 bits per heavy atom. The maximum Gasteiger partial charge on any atom is 0.433 e. The van der Waals surface area contributed by atoms with Crippen molar-refractivity contribution in [3.63, 3.8) is 0 Å². The lowest BCUT2D eigenvalue weighted by atomic mass is 10.0. The normalized spacial score (nSPS) is 14.5. The fourth-order valence-electron chi connectivity index (χ4n) is 4.38. The summed E-state index contributed by atoms with van der Waals surface area (Å²) in [5.41, 5.74) is 1.23. The van der Waals surface area contributed by atoms with E-state index in [9.17, 15) is 18.0 Å². The zero-order chi connectivity index (χ0) is 26.0. The third kappa shape index (κ3) is 5.31. The number of hydrogen-bond donors (Lipinski definition) is 2. The average Bonchev–Trinajstić information content (AvgIpc) is 3.43. The van der Waals surface area contributed by atoms with Crippen LogP contribution >= 0.6 is 11.3 Å². The van der Waals surface area contributed by atoms with E-state index in [0.29, 0.717) is 54.1 Å². The molecule has 4 heterocycles. The van der Waals surface area contributed by atoms with E-state index in [1.54, 1.807) is 30.3 Å². The topological polar surface area (TPSA) is 79.4 Å². The molecule has 7 nitrogen and oxygen atoms in total. The molecule has 2 amide bonds. The van der Waals surface area contributed by atoms with Crippen molar-refractivity contribution in [2.24, 2.45) is 0 Å².